The standard InChI is InChI=1S/C14H16N2O3/c1-19-14(18)9-10-8-13(15-6-7-17)11-4-2-3-5-12(11)16-10/h2-5,8,17H,6-7,9H2,1H3,(H,15,16). The van der Waals surface area contributed by atoms with E-state index >= 15 is 0 Å². The number of hydrogen-bond donors (Lipinski definition) is 2. The summed E-state index contributed by atoms with van der Waals surface area (Å²) in [6.07, 6.45) is 0.134. The fraction of sp³-hybridized carbons (Fsp3) is 0.286. The van der Waals surface area contributed by atoms with Crippen LogP contribution in [0.2, 0.25) is 0 Å². The second-order valence-corrected chi connectivity index (χ2v) is 4.08. The normalized spacial score (nSPS) is 10.4. The molecule has 5 nitrogen and oxygen atoms in total. The number of aromatic nitrogens is 1. The molecule has 0 unspecified atom stereocenters. The number of nitrogens with zero attached hydrogens (tertiary/aromatic N) is 1. The monoisotopic (exact) mass is 260 g/mol. The average Bonchev–Trinajstić information content (AvgIpc) is 2.44. The Morgan fingerprint density at radius 3 is 2.95 bits per heavy atom. The van der Waals surface area contributed by atoms with Crippen molar-refractivity contribution in [3.8, 4) is 0 Å². The minimum Gasteiger partial charge on any atom is -0.469 e. The number of para-hydroxylation sites is 1. The molecule has 2 rings (SSSR count). The van der Waals surface area contributed by atoms with E-state index in [-0.39, 0.29) is 19.0 Å². The predicted molar refractivity (Wildman–Crippen MR) is 73.0 cm³/mol. The summed E-state index contributed by atoms with van der Waals surface area (Å²) in [6.45, 7) is 0.495. The van der Waals surface area contributed by atoms with E-state index in [1.807, 2.05) is 30.3 Å². The van der Waals surface area contributed by atoms with Gasteiger partial charge in [-0.3, -0.25) is 9.78 Å². The number of pyridine rings is 1. The molecule has 0 aliphatic carbocycles. The quantitative estimate of drug-likeness (QED) is 0.794. The van der Waals surface area contributed by atoms with E-state index in [0.717, 1.165) is 16.6 Å². The van der Waals surface area contributed by atoms with Crippen molar-refractivity contribution in [3.05, 3.63) is 36.0 Å². The van der Waals surface area contributed by atoms with Crippen molar-refractivity contribution in [1.29, 1.82) is 0 Å². The predicted octanol–water partition coefficient (Wildman–Crippen LogP) is 1.35. The van der Waals surface area contributed by atoms with Crippen LogP contribution in [-0.2, 0) is 16.0 Å². The number of ether oxygens (including phenoxy) is 1. The van der Waals surface area contributed by atoms with Crippen LogP contribution in [0.5, 0.6) is 0 Å². The van der Waals surface area contributed by atoms with Gasteiger partial charge in [0.15, 0.2) is 0 Å². The van der Waals surface area contributed by atoms with Gasteiger partial charge in [-0.1, -0.05) is 18.2 Å². The van der Waals surface area contributed by atoms with Gasteiger partial charge < -0.3 is 15.2 Å². The molecular weight excluding hydrogens is 244 g/mol. The van der Waals surface area contributed by atoms with E-state index in [1.54, 1.807) is 0 Å². The molecule has 0 fully saturated rings. The number of aliphatic hydroxyl groups is 1. The maximum Gasteiger partial charge on any atom is 0.311 e. The van der Waals surface area contributed by atoms with Crippen LogP contribution in [0, 0.1) is 0 Å². The van der Waals surface area contributed by atoms with Crippen molar-refractivity contribution >= 4 is 22.6 Å². The number of methoxy groups -OCH3 is 1. The molecular formula is C14H16N2O3. The van der Waals surface area contributed by atoms with Crippen LogP contribution in [0.3, 0.4) is 0 Å². The zero-order valence-corrected chi connectivity index (χ0v) is 10.7. The molecule has 0 spiro atoms. The number of benzene rings is 1. The fourth-order valence-electron chi connectivity index (χ4n) is 1.88. The molecule has 0 bridgehead atoms. The van der Waals surface area contributed by atoms with Gasteiger partial charge in [-0.25, -0.2) is 0 Å². The van der Waals surface area contributed by atoms with Crippen LogP contribution < -0.4 is 5.32 Å². The van der Waals surface area contributed by atoms with E-state index in [4.69, 9.17) is 5.11 Å². The molecule has 1 heterocycles. The van der Waals surface area contributed by atoms with Gasteiger partial charge in [0, 0.05) is 17.6 Å². The lowest BCUT2D eigenvalue weighted by Gasteiger charge is -2.10. The largest absolute Gasteiger partial charge is 0.469 e. The van der Waals surface area contributed by atoms with Gasteiger partial charge in [-0.2, -0.15) is 0 Å². The minimum absolute atomic E-state index is 0.0446. The molecule has 2 aromatic rings. The van der Waals surface area contributed by atoms with E-state index in [9.17, 15) is 4.79 Å². The number of fused-ring (bicyclic) bond motifs is 1. The lowest BCUT2D eigenvalue weighted by molar-refractivity contribution is -0.139. The van der Waals surface area contributed by atoms with Gasteiger partial charge in [0.05, 0.1) is 31.3 Å². The molecule has 2 N–H and O–H groups in total. The number of carbonyl (C=O) groups excluding carboxylic acids is 1. The highest BCUT2D eigenvalue weighted by Crippen LogP contribution is 2.23. The summed E-state index contributed by atoms with van der Waals surface area (Å²) in [7, 11) is 1.36. The first kappa shape index (κ1) is 13.3. The molecule has 100 valence electrons. The molecule has 0 aliphatic heterocycles. The van der Waals surface area contributed by atoms with Crippen LogP contribution in [0.4, 0.5) is 5.69 Å². The number of aliphatic hydroxyl groups excluding tert-OH is 1. The number of anilines is 1. The zero-order chi connectivity index (χ0) is 13.7. The van der Waals surface area contributed by atoms with Crippen LogP contribution in [-0.4, -0.2) is 36.3 Å². The third-order valence-electron chi connectivity index (χ3n) is 2.75. The van der Waals surface area contributed by atoms with Crippen molar-refractivity contribution in [2.24, 2.45) is 0 Å². The van der Waals surface area contributed by atoms with Crippen LogP contribution in [0.25, 0.3) is 10.9 Å². The third-order valence-corrected chi connectivity index (χ3v) is 2.75. The lowest BCUT2D eigenvalue weighted by atomic mass is 10.1. The Balaban J connectivity index is 2.40. The highest BCUT2D eigenvalue weighted by Gasteiger charge is 2.09. The number of nitrogens with one attached hydrogen (secondary N) is 1. The van der Waals surface area contributed by atoms with Gasteiger partial charge in [0.1, 0.15) is 0 Å². The van der Waals surface area contributed by atoms with E-state index in [1.165, 1.54) is 7.11 Å². The maximum absolute atomic E-state index is 11.3. The number of rotatable bonds is 5. The molecule has 0 atom stereocenters. The van der Waals surface area contributed by atoms with E-state index in [0.29, 0.717) is 12.2 Å². The second-order valence-electron chi connectivity index (χ2n) is 4.08. The Morgan fingerprint density at radius 1 is 1.42 bits per heavy atom. The Hall–Kier alpha value is -2.14. The molecule has 0 aliphatic rings. The highest BCUT2D eigenvalue weighted by atomic mass is 16.5. The molecule has 5 heteroatoms. The summed E-state index contributed by atoms with van der Waals surface area (Å²) in [5, 5.41) is 13.0. The van der Waals surface area contributed by atoms with Crippen LogP contribution in [0.1, 0.15) is 5.69 Å². The Kier molecular flexibility index (Phi) is 4.30. The highest BCUT2D eigenvalue weighted by molar-refractivity contribution is 5.91. The molecule has 0 saturated carbocycles. The number of carbonyl (C=O) groups is 1. The Bertz CT molecular complexity index is 584. The van der Waals surface area contributed by atoms with Crippen molar-refractivity contribution in [3.63, 3.8) is 0 Å². The smallest absolute Gasteiger partial charge is 0.311 e. The van der Waals surface area contributed by atoms with Gasteiger partial charge in [-0.05, 0) is 12.1 Å². The zero-order valence-electron chi connectivity index (χ0n) is 10.7. The molecule has 19 heavy (non-hydrogen) atoms. The Morgan fingerprint density at radius 2 is 2.21 bits per heavy atom. The number of hydrogen-bond acceptors (Lipinski definition) is 5. The average molecular weight is 260 g/mol. The SMILES string of the molecule is COC(=O)Cc1cc(NCCO)c2ccccc2n1. The van der Waals surface area contributed by atoms with Crippen molar-refractivity contribution < 1.29 is 14.6 Å². The van der Waals surface area contributed by atoms with Crippen LogP contribution >= 0.6 is 0 Å². The topological polar surface area (TPSA) is 71.5 Å². The Labute approximate surface area is 111 Å². The van der Waals surface area contributed by atoms with Gasteiger partial charge >= 0.3 is 5.97 Å². The number of esters is 1. The van der Waals surface area contributed by atoms with Crippen LogP contribution in [0.15, 0.2) is 30.3 Å². The van der Waals surface area contributed by atoms with Gasteiger partial charge in [0.2, 0.25) is 0 Å². The first-order valence-corrected chi connectivity index (χ1v) is 6.05. The van der Waals surface area contributed by atoms with Gasteiger partial charge in [-0.15, -0.1) is 0 Å². The van der Waals surface area contributed by atoms with Crippen molar-refractivity contribution in [2.75, 3.05) is 25.6 Å². The lowest BCUT2D eigenvalue weighted by Crippen LogP contribution is -2.09. The first-order chi connectivity index (χ1) is 9.24. The summed E-state index contributed by atoms with van der Waals surface area (Å²) in [4.78, 5) is 15.7. The summed E-state index contributed by atoms with van der Waals surface area (Å²) >= 11 is 0. The van der Waals surface area contributed by atoms with Crippen molar-refractivity contribution in [1.82, 2.24) is 4.98 Å². The second kappa shape index (κ2) is 6.15. The van der Waals surface area contributed by atoms with Crippen molar-refractivity contribution in [2.45, 2.75) is 6.42 Å². The first-order valence-electron chi connectivity index (χ1n) is 6.05. The fourth-order valence-corrected chi connectivity index (χ4v) is 1.88. The summed E-state index contributed by atoms with van der Waals surface area (Å²) in [5.74, 6) is -0.323. The molecule has 0 saturated heterocycles. The summed E-state index contributed by atoms with van der Waals surface area (Å²) in [5.41, 5.74) is 2.31. The molecule has 1 aromatic heterocycles. The molecule has 0 amide bonds. The maximum atomic E-state index is 11.3. The summed E-state index contributed by atoms with van der Waals surface area (Å²) < 4.78 is 4.65. The molecule has 1 aromatic carbocycles. The summed E-state index contributed by atoms with van der Waals surface area (Å²) in [6, 6.07) is 9.47. The van der Waals surface area contributed by atoms with Gasteiger partial charge in [0.25, 0.3) is 0 Å². The third kappa shape index (κ3) is 3.20. The molecule has 0 radical (unpaired) electrons. The minimum atomic E-state index is -0.323. The van der Waals surface area contributed by atoms with E-state index in [2.05, 4.69) is 15.0 Å². The van der Waals surface area contributed by atoms with E-state index < -0.39 is 0 Å².